The molecule has 6 aromatic rings. The Morgan fingerprint density at radius 3 is 2.33 bits per heavy atom. The van der Waals surface area contributed by atoms with Gasteiger partial charge in [0.1, 0.15) is 5.58 Å². The maximum absolute atomic E-state index is 6.21. The van der Waals surface area contributed by atoms with Crippen LogP contribution in [0.2, 0.25) is 0 Å². The van der Waals surface area contributed by atoms with E-state index in [1.54, 1.807) is 0 Å². The summed E-state index contributed by atoms with van der Waals surface area (Å²) in [6.07, 6.45) is 0. The maximum Gasteiger partial charge on any atom is 0.227 e. The zero-order valence-electron chi connectivity index (χ0n) is 16.3. The van der Waals surface area contributed by atoms with Crippen molar-refractivity contribution in [1.29, 1.82) is 0 Å². The van der Waals surface area contributed by atoms with Crippen LogP contribution in [-0.2, 0) is 0 Å². The second-order valence-electron chi connectivity index (χ2n) is 7.89. The van der Waals surface area contributed by atoms with Gasteiger partial charge in [0, 0.05) is 33.2 Å². The Morgan fingerprint density at radius 2 is 1.43 bits per heavy atom. The number of rotatable bonds is 1. The van der Waals surface area contributed by atoms with Crippen molar-refractivity contribution in [3.05, 3.63) is 84.6 Å². The van der Waals surface area contributed by atoms with Crippen molar-refractivity contribution in [2.75, 3.05) is 0 Å². The minimum Gasteiger partial charge on any atom is -0.437 e. The Kier molecular flexibility index (Phi) is 2.94. The molecule has 0 bridgehead atoms. The fraction of sp³-hybridized carbons (Fsp3) is 0.0370. The lowest BCUT2D eigenvalue weighted by molar-refractivity contribution is 0.653. The molecule has 1 aliphatic rings. The van der Waals surface area contributed by atoms with Gasteiger partial charge in [-0.05, 0) is 53.6 Å². The smallest absolute Gasteiger partial charge is 0.227 e. The van der Waals surface area contributed by atoms with E-state index in [2.05, 4.69) is 77.8 Å². The van der Waals surface area contributed by atoms with E-state index in [1.165, 1.54) is 27.5 Å². The summed E-state index contributed by atoms with van der Waals surface area (Å²) in [6, 6.07) is 27.6. The zero-order valence-corrected chi connectivity index (χ0v) is 16.3. The Morgan fingerprint density at radius 1 is 0.633 bits per heavy atom. The van der Waals surface area contributed by atoms with E-state index in [4.69, 9.17) is 9.40 Å². The Balaban J connectivity index is 1.51. The molecule has 30 heavy (non-hydrogen) atoms. The number of hydrogen-bond donors (Lipinski definition) is 0. The minimum atomic E-state index is 0.677. The highest BCUT2D eigenvalue weighted by atomic mass is 16.3. The van der Waals surface area contributed by atoms with Crippen molar-refractivity contribution in [3.8, 4) is 33.6 Å². The molecule has 0 radical (unpaired) electrons. The molecule has 0 spiro atoms. The maximum atomic E-state index is 6.21. The number of hydrogen-bond acceptors (Lipinski definition) is 3. The van der Waals surface area contributed by atoms with Gasteiger partial charge < -0.3 is 4.42 Å². The highest BCUT2D eigenvalue weighted by molar-refractivity contribution is 6.15. The molecule has 3 nitrogen and oxygen atoms in total. The quantitative estimate of drug-likeness (QED) is 0.302. The van der Waals surface area contributed by atoms with Crippen LogP contribution in [0.15, 0.2) is 83.3 Å². The van der Waals surface area contributed by atoms with Gasteiger partial charge in [-0.3, -0.25) is 0 Å². The minimum absolute atomic E-state index is 0.677. The van der Waals surface area contributed by atoms with E-state index < -0.39 is 0 Å². The molecule has 0 saturated carbocycles. The molecule has 0 unspecified atom stereocenters. The van der Waals surface area contributed by atoms with E-state index in [0.717, 1.165) is 39.0 Å². The number of nitrogens with zero attached hydrogens (tertiary/aromatic N) is 2. The van der Waals surface area contributed by atoms with E-state index in [-0.39, 0.29) is 0 Å². The van der Waals surface area contributed by atoms with Gasteiger partial charge in [-0.15, -0.1) is 0 Å². The summed E-state index contributed by atoms with van der Waals surface area (Å²) in [6.45, 7) is 1.98. The Hall–Kier alpha value is -3.98. The van der Waals surface area contributed by atoms with Crippen LogP contribution < -0.4 is 0 Å². The van der Waals surface area contributed by atoms with Crippen LogP contribution in [-0.4, -0.2) is 9.97 Å². The van der Waals surface area contributed by atoms with E-state index in [1.807, 2.05) is 13.0 Å². The predicted octanol–water partition coefficient (Wildman–Crippen LogP) is 7.15. The highest BCUT2D eigenvalue weighted by Gasteiger charge is 2.23. The fourth-order valence-corrected chi connectivity index (χ4v) is 4.77. The molecule has 0 atom stereocenters. The first kappa shape index (κ1) is 15.9. The lowest BCUT2D eigenvalue weighted by Crippen LogP contribution is -1.88. The van der Waals surface area contributed by atoms with Crippen molar-refractivity contribution in [2.45, 2.75) is 6.92 Å². The summed E-state index contributed by atoms with van der Waals surface area (Å²) in [5.74, 6) is 0. The number of pyridine rings is 2. The van der Waals surface area contributed by atoms with Crippen LogP contribution >= 0.6 is 0 Å². The van der Waals surface area contributed by atoms with Crippen LogP contribution in [0.4, 0.5) is 0 Å². The lowest BCUT2D eigenvalue weighted by Gasteiger charge is -2.06. The molecule has 0 amide bonds. The molecule has 0 N–H and O–H groups in total. The van der Waals surface area contributed by atoms with Crippen molar-refractivity contribution < 1.29 is 4.42 Å². The van der Waals surface area contributed by atoms with Gasteiger partial charge in [-0.2, -0.15) is 0 Å². The van der Waals surface area contributed by atoms with Gasteiger partial charge in [0.15, 0.2) is 0 Å². The number of fused-ring (bicyclic) bond motifs is 6. The molecule has 0 aliphatic heterocycles. The second-order valence-corrected chi connectivity index (χ2v) is 7.89. The van der Waals surface area contributed by atoms with Gasteiger partial charge in [0.2, 0.25) is 5.71 Å². The van der Waals surface area contributed by atoms with Crippen LogP contribution in [0, 0.1) is 6.92 Å². The summed E-state index contributed by atoms with van der Waals surface area (Å²) >= 11 is 0. The molecule has 140 valence electrons. The second kappa shape index (κ2) is 5.55. The van der Waals surface area contributed by atoms with Crippen LogP contribution in [0.5, 0.6) is 0 Å². The average molecular weight is 384 g/mol. The molecule has 0 fully saturated rings. The average Bonchev–Trinajstić information content (AvgIpc) is 3.30. The third-order valence-corrected chi connectivity index (χ3v) is 6.12. The lowest BCUT2D eigenvalue weighted by atomic mass is 10.0. The zero-order chi connectivity index (χ0) is 19.8. The number of aryl methyl sites for hydroxylation is 1. The number of para-hydroxylation sites is 1. The predicted molar refractivity (Wildman–Crippen MR) is 121 cm³/mol. The highest BCUT2D eigenvalue weighted by Crippen LogP contribution is 2.47. The van der Waals surface area contributed by atoms with Gasteiger partial charge in [0.05, 0.1) is 11.4 Å². The molecule has 0 saturated heterocycles. The molecule has 7 rings (SSSR count). The Labute approximate surface area is 172 Å². The van der Waals surface area contributed by atoms with Gasteiger partial charge in [-0.1, -0.05) is 48.5 Å². The molecular formula is C27H16N2O. The summed E-state index contributed by atoms with van der Waals surface area (Å²) in [4.78, 5) is 9.69. The molecule has 1 aliphatic carbocycles. The monoisotopic (exact) mass is 384 g/mol. The first-order chi connectivity index (χ1) is 14.8. The SMILES string of the molecule is Cc1ccc2c(n1)oc1c(-c3ccc4c(n3)-c3cccc5cccc-4c35)cccc12. The fourth-order valence-electron chi connectivity index (χ4n) is 4.77. The van der Waals surface area contributed by atoms with E-state index in [9.17, 15) is 0 Å². The molecule has 3 aromatic heterocycles. The van der Waals surface area contributed by atoms with Crippen LogP contribution in [0.1, 0.15) is 5.69 Å². The number of benzene rings is 3. The first-order valence-corrected chi connectivity index (χ1v) is 10.1. The molecule has 3 heteroatoms. The van der Waals surface area contributed by atoms with Crippen molar-refractivity contribution in [2.24, 2.45) is 0 Å². The molecule has 3 aromatic carbocycles. The normalized spacial score (nSPS) is 12.2. The third kappa shape index (κ3) is 1.99. The first-order valence-electron chi connectivity index (χ1n) is 10.1. The largest absolute Gasteiger partial charge is 0.437 e. The molecular weight excluding hydrogens is 368 g/mol. The van der Waals surface area contributed by atoms with Crippen LogP contribution in [0.25, 0.3) is 66.5 Å². The van der Waals surface area contributed by atoms with Gasteiger partial charge >= 0.3 is 0 Å². The number of aromatic nitrogens is 2. The van der Waals surface area contributed by atoms with Crippen LogP contribution in [0.3, 0.4) is 0 Å². The van der Waals surface area contributed by atoms with Gasteiger partial charge in [0.25, 0.3) is 0 Å². The van der Waals surface area contributed by atoms with E-state index >= 15 is 0 Å². The number of furan rings is 1. The van der Waals surface area contributed by atoms with Crippen molar-refractivity contribution in [3.63, 3.8) is 0 Å². The van der Waals surface area contributed by atoms with Gasteiger partial charge in [-0.25, -0.2) is 9.97 Å². The van der Waals surface area contributed by atoms with Crippen molar-refractivity contribution >= 4 is 32.8 Å². The summed E-state index contributed by atoms with van der Waals surface area (Å²) in [5.41, 5.74) is 9.08. The third-order valence-electron chi connectivity index (χ3n) is 6.12. The standard InChI is InChI=1S/C27H16N2O/c1-15-11-12-20-19-8-4-9-21(26(19)30-27(20)28-15)23-14-13-18-17-7-2-5-16-6-3-10-22(24(16)17)25(18)29-23/h2-14H,1H3. The van der Waals surface area contributed by atoms with Crippen molar-refractivity contribution in [1.82, 2.24) is 9.97 Å². The summed E-state index contributed by atoms with van der Waals surface area (Å²) in [7, 11) is 0. The topological polar surface area (TPSA) is 38.9 Å². The summed E-state index contributed by atoms with van der Waals surface area (Å²) in [5, 5.41) is 4.66. The summed E-state index contributed by atoms with van der Waals surface area (Å²) < 4.78 is 6.21. The van der Waals surface area contributed by atoms with E-state index in [0.29, 0.717) is 5.71 Å². The Bertz CT molecular complexity index is 1650. The molecule has 3 heterocycles.